The zero-order valence-electron chi connectivity index (χ0n) is 12.0. The molecule has 1 aromatic rings. The van der Waals surface area contributed by atoms with Crippen molar-refractivity contribution in [3.63, 3.8) is 0 Å². The maximum Gasteiger partial charge on any atom is 0.244 e. The summed E-state index contributed by atoms with van der Waals surface area (Å²) in [7, 11) is -3.56. The summed E-state index contributed by atoms with van der Waals surface area (Å²) >= 11 is 6.07. The van der Waals surface area contributed by atoms with Gasteiger partial charge in [-0.2, -0.15) is 4.31 Å². The summed E-state index contributed by atoms with van der Waals surface area (Å²) in [6.07, 6.45) is 1.27. The lowest BCUT2D eigenvalue weighted by Crippen LogP contribution is -2.41. The molecule has 0 aliphatic carbocycles. The highest BCUT2D eigenvalue weighted by atomic mass is 35.5. The average molecular weight is 334 g/mol. The molecule has 2 rings (SSSR count). The van der Waals surface area contributed by atoms with E-state index in [1.54, 1.807) is 18.2 Å². The third-order valence-corrected chi connectivity index (χ3v) is 5.93. The SMILES string of the molecule is Cc1ccc(S(=O)(=O)N2CCC(OCCO)CC2)c(Cl)c1. The van der Waals surface area contributed by atoms with E-state index in [1.165, 1.54) is 4.31 Å². The summed E-state index contributed by atoms with van der Waals surface area (Å²) in [6, 6.07) is 4.96. The maximum atomic E-state index is 12.6. The summed E-state index contributed by atoms with van der Waals surface area (Å²) in [5.74, 6) is 0. The van der Waals surface area contributed by atoms with Crippen LogP contribution in [0.5, 0.6) is 0 Å². The molecule has 21 heavy (non-hydrogen) atoms. The fourth-order valence-corrected chi connectivity index (χ4v) is 4.46. The Hall–Kier alpha value is -0.660. The first kappa shape index (κ1) is 16.7. The molecule has 1 aliphatic rings. The van der Waals surface area contributed by atoms with Gasteiger partial charge in [0.2, 0.25) is 10.0 Å². The van der Waals surface area contributed by atoms with Crippen LogP contribution in [0.3, 0.4) is 0 Å². The molecule has 0 atom stereocenters. The van der Waals surface area contributed by atoms with E-state index in [0.29, 0.717) is 32.5 Å². The molecule has 0 radical (unpaired) electrons. The molecular weight excluding hydrogens is 314 g/mol. The van der Waals surface area contributed by atoms with Crippen LogP contribution >= 0.6 is 11.6 Å². The molecule has 0 bridgehead atoms. The first-order chi connectivity index (χ1) is 9.95. The lowest BCUT2D eigenvalue weighted by molar-refractivity contribution is 0.00318. The quantitative estimate of drug-likeness (QED) is 0.892. The van der Waals surface area contributed by atoms with Gasteiger partial charge in [0.1, 0.15) is 4.90 Å². The van der Waals surface area contributed by atoms with E-state index in [0.717, 1.165) is 5.56 Å². The Balaban J connectivity index is 2.08. The van der Waals surface area contributed by atoms with Crippen LogP contribution in [0.2, 0.25) is 5.02 Å². The number of sulfonamides is 1. The van der Waals surface area contributed by atoms with Crippen molar-refractivity contribution in [3.8, 4) is 0 Å². The smallest absolute Gasteiger partial charge is 0.244 e. The van der Waals surface area contributed by atoms with Crippen molar-refractivity contribution in [2.45, 2.75) is 30.8 Å². The van der Waals surface area contributed by atoms with Crippen molar-refractivity contribution in [1.82, 2.24) is 4.31 Å². The van der Waals surface area contributed by atoms with Gasteiger partial charge in [-0.05, 0) is 37.5 Å². The van der Waals surface area contributed by atoms with E-state index in [1.807, 2.05) is 6.92 Å². The third kappa shape index (κ3) is 3.96. The Labute approximate surface area is 130 Å². The number of nitrogens with zero attached hydrogens (tertiary/aromatic N) is 1. The van der Waals surface area contributed by atoms with Crippen LogP contribution in [0, 0.1) is 6.92 Å². The maximum absolute atomic E-state index is 12.6. The highest BCUT2D eigenvalue weighted by Crippen LogP contribution is 2.28. The third-order valence-electron chi connectivity index (χ3n) is 3.55. The van der Waals surface area contributed by atoms with E-state index >= 15 is 0 Å². The second-order valence-corrected chi connectivity index (χ2v) is 7.45. The van der Waals surface area contributed by atoms with Gasteiger partial charge in [0.15, 0.2) is 0 Å². The molecule has 0 aromatic heterocycles. The summed E-state index contributed by atoms with van der Waals surface area (Å²) in [4.78, 5) is 0.157. The summed E-state index contributed by atoms with van der Waals surface area (Å²) < 4.78 is 32.1. The van der Waals surface area contributed by atoms with Gasteiger partial charge in [-0.3, -0.25) is 0 Å². The number of halogens is 1. The van der Waals surface area contributed by atoms with Crippen LogP contribution in [0.25, 0.3) is 0 Å². The second-order valence-electron chi connectivity index (χ2n) is 5.13. The highest BCUT2D eigenvalue weighted by molar-refractivity contribution is 7.89. The molecule has 1 aliphatic heterocycles. The number of hydrogen-bond acceptors (Lipinski definition) is 4. The van der Waals surface area contributed by atoms with Crippen molar-refractivity contribution < 1.29 is 18.3 Å². The molecule has 1 N–H and O–H groups in total. The molecule has 7 heteroatoms. The van der Waals surface area contributed by atoms with Gasteiger partial charge in [0.25, 0.3) is 0 Å². The minimum absolute atomic E-state index is 0.0112. The molecule has 1 aromatic carbocycles. The molecule has 0 amide bonds. The molecule has 1 saturated heterocycles. The number of benzene rings is 1. The standard InChI is InChI=1S/C14H20ClNO4S/c1-11-2-3-14(13(15)10-11)21(18,19)16-6-4-12(5-7-16)20-9-8-17/h2-3,10,12,17H,4-9H2,1H3. The Morgan fingerprint density at radius 2 is 2.05 bits per heavy atom. The second kappa shape index (κ2) is 7.07. The molecule has 5 nitrogen and oxygen atoms in total. The number of aryl methyl sites for hydroxylation is 1. The van der Waals surface area contributed by atoms with Crippen molar-refractivity contribution in [1.29, 1.82) is 0 Å². The summed E-state index contributed by atoms with van der Waals surface area (Å²) in [5.41, 5.74) is 0.926. The predicted octanol–water partition coefficient (Wildman–Crippen LogP) is 1.81. The zero-order chi connectivity index (χ0) is 15.5. The van der Waals surface area contributed by atoms with Gasteiger partial charge in [-0.1, -0.05) is 17.7 Å². The number of piperidine rings is 1. The van der Waals surface area contributed by atoms with Crippen LogP contribution in [-0.2, 0) is 14.8 Å². The predicted molar refractivity (Wildman–Crippen MR) is 81.0 cm³/mol. The van der Waals surface area contributed by atoms with Crippen LogP contribution in [0.1, 0.15) is 18.4 Å². The highest BCUT2D eigenvalue weighted by Gasteiger charge is 2.31. The van der Waals surface area contributed by atoms with Crippen molar-refractivity contribution in [2.75, 3.05) is 26.3 Å². The summed E-state index contributed by atoms with van der Waals surface area (Å²) in [6.45, 7) is 2.95. The Bertz CT molecular complexity index is 583. The van der Waals surface area contributed by atoms with E-state index in [4.69, 9.17) is 21.4 Å². The zero-order valence-corrected chi connectivity index (χ0v) is 13.5. The van der Waals surface area contributed by atoms with E-state index in [-0.39, 0.29) is 22.6 Å². The van der Waals surface area contributed by atoms with Gasteiger partial charge < -0.3 is 9.84 Å². The Morgan fingerprint density at radius 1 is 1.38 bits per heavy atom. The number of rotatable bonds is 5. The monoisotopic (exact) mass is 333 g/mol. The van der Waals surface area contributed by atoms with Gasteiger partial charge in [0.05, 0.1) is 24.3 Å². The molecule has 1 heterocycles. The van der Waals surface area contributed by atoms with Crippen LogP contribution in [0.15, 0.2) is 23.1 Å². The minimum Gasteiger partial charge on any atom is -0.394 e. The van der Waals surface area contributed by atoms with Crippen molar-refractivity contribution >= 4 is 21.6 Å². The van der Waals surface area contributed by atoms with Gasteiger partial charge in [0, 0.05) is 13.1 Å². The van der Waals surface area contributed by atoms with E-state index in [2.05, 4.69) is 0 Å². The van der Waals surface area contributed by atoms with Crippen LogP contribution in [0.4, 0.5) is 0 Å². The lowest BCUT2D eigenvalue weighted by Gasteiger charge is -2.31. The Morgan fingerprint density at radius 3 is 2.62 bits per heavy atom. The number of ether oxygens (including phenoxy) is 1. The number of aliphatic hydroxyl groups is 1. The fraction of sp³-hybridized carbons (Fsp3) is 0.571. The molecule has 0 spiro atoms. The van der Waals surface area contributed by atoms with Crippen molar-refractivity contribution in [2.24, 2.45) is 0 Å². The number of hydrogen-bond donors (Lipinski definition) is 1. The van der Waals surface area contributed by atoms with Gasteiger partial charge in [-0.15, -0.1) is 0 Å². The van der Waals surface area contributed by atoms with Crippen molar-refractivity contribution in [3.05, 3.63) is 28.8 Å². The topological polar surface area (TPSA) is 66.8 Å². The molecular formula is C14H20ClNO4S. The average Bonchev–Trinajstić information content (AvgIpc) is 2.45. The lowest BCUT2D eigenvalue weighted by atomic mass is 10.1. The molecule has 118 valence electrons. The minimum atomic E-state index is -3.56. The number of aliphatic hydroxyl groups excluding tert-OH is 1. The molecule has 0 unspecified atom stereocenters. The van der Waals surface area contributed by atoms with Crippen LogP contribution < -0.4 is 0 Å². The fourth-order valence-electron chi connectivity index (χ4n) is 2.41. The molecule has 0 saturated carbocycles. The van der Waals surface area contributed by atoms with Gasteiger partial charge in [-0.25, -0.2) is 8.42 Å². The van der Waals surface area contributed by atoms with Crippen LogP contribution in [-0.4, -0.2) is 50.2 Å². The largest absolute Gasteiger partial charge is 0.394 e. The first-order valence-electron chi connectivity index (χ1n) is 6.94. The van der Waals surface area contributed by atoms with Gasteiger partial charge >= 0.3 is 0 Å². The van der Waals surface area contributed by atoms with E-state index < -0.39 is 10.0 Å². The normalized spacial score (nSPS) is 18.0. The molecule has 1 fully saturated rings. The van der Waals surface area contributed by atoms with E-state index in [9.17, 15) is 8.42 Å². The summed E-state index contributed by atoms with van der Waals surface area (Å²) in [5, 5.41) is 8.99. The Kier molecular flexibility index (Phi) is 5.62. The first-order valence-corrected chi connectivity index (χ1v) is 8.75.